The fourth-order valence-corrected chi connectivity index (χ4v) is 3.28. The number of anilines is 1. The number of hydrogen-bond donors (Lipinski definition) is 2. The van der Waals surface area contributed by atoms with Gasteiger partial charge in [0.25, 0.3) is 0 Å². The first kappa shape index (κ1) is 15.4. The Morgan fingerprint density at radius 3 is 2.84 bits per heavy atom. The first-order chi connectivity index (χ1) is 12.3. The van der Waals surface area contributed by atoms with Gasteiger partial charge in [0.15, 0.2) is 4.96 Å². The number of aromatic nitrogens is 2. The molecule has 0 atom stereocenters. The summed E-state index contributed by atoms with van der Waals surface area (Å²) < 4.78 is 1.99. The van der Waals surface area contributed by atoms with E-state index in [0.29, 0.717) is 6.54 Å². The van der Waals surface area contributed by atoms with Gasteiger partial charge in [-0.1, -0.05) is 42.5 Å². The first-order valence-corrected chi connectivity index (χ1v) is 8.77. The van der Waals surface area contributed by atoms with Gasteiger partial charge in [-0.05, 0) is 17.7 Å². The fourth-order valence-electron chi connectivity index (χ4n) is 2.58. The molecular formula is C19H16N4OS. The highest BCUT2D eigenvalue weighted by molar-refractivity contribution is 7.15. The van der Waals surface area contributed by atoms with Crippen molar-refractivity contribution < 1.29 is 4.79 Å². The van der Waals surface area contributed by atoms with E-state index in [-0.39, 0.29) is 6.03 Å². The van der Waals surface area contributed by atoms with Crippen LogP contribution in [0.5, 0.6) is 0 Å². The van der Waals surface area contributed by atoms with Gasteiger partial charge >= 0.3 is 6.03 Å². The van der Waals surface area contributed by atoms with Crippen molar-refractivity contribution in [3.05, 3.63) is 77.9 Å². The van der Waals surface area contributed by atoms with Gasteiger partial charge in [-0.3, -0.25) is 4.40 Å². The van der Waals surface area contributed by atoms with Crippen LogP contribution in [0.2, 0.25) is 0 Å². The van der Waals surface area contributed by atoms with E-state index in [4.69, 9.17) is 0 Å². The second-order valence-corrected chi connectivity index (χ2v) is 6.47. The Bertz CT molecular complexity index is 978. The number of rotatable bonds is 4. The van der Waals surface area contributed by atoms with Crippen molar-refractivity contribution in [3.63, 3.8) is 0 Å². The lowest BCUT2D eigenvalue weighted by Crippen LogP contribution is -2.28. The molecule has 4 rings (SSSR count). The first-order valence-electron chi connectivity index (χ1n) is 7.89. The van der Waals surface area contributed by atoms with Crippen molar-refractivity contribution in [2.24, 2.45) is 0 Å². The summed E-state index contributed by atoms with van der Waals surface area (Å²) in [6, 6.07) is 17.3. The summed E-state index contributed by atoms with van der Waals surface area (Å²) in [6.45, 7) is 0.490. The van der Waals surface area contributed by atoms with Crippen LogP contribution in [-0.2, 0) is 6.54 Å². The summed E-state index contributed by atoms with van der Waals surface area (Å²) in [5.74, 6) is 0. The molecule has 0 aliphatic carbocycles. The SMILES string of the molecule is O=C(NCc1ccccc1)Nc1cccc(-c2cn3ccsc3n2)c1. The maximum atomic E-state index is 12.1. The number of imidazole rings is 1. The van der Waals surface area contributed by atoms with Crippen molar-refractivity contribution in [1.29, 1.82) is 0 Å². The van der Waals surface area contributed by atoms with Gasteiger partial charge < -0.3 is 10.6 Å². The zero-order chi connectivity index (χ0) is 17.1. The van der Waals surface area contributed by atoms with Gasteiger partial charge in [0.05, 0.1) is 5.69 Å². The van der Waals surface area contributed by atoms with E-state index in [2.05, 4.69) is 15.6 Å². The van der Waals surface area contributed by atoms with Gasteiger partial charge in [-0.15, -0.1) is 11.3 Å². The molecule has 0 bridgehead atoms. The number of urea groups is 1. The second-order valence-electron chi connectivity index (χ2n) is 5.59. The topological polar surface area (TPSA) is 58.4 Å². The van der Waals surface area contributed by atoms with Crippen LogP contribution in [0.15, 0.2) is 72.4 Å². The number of nitrogens with one attached hydrogen (secondary N) is 2. The molecule has 0 spiro atoms. The molecule has 2 aromatic carbocycles. The Morgan fingerprint density at radius 1 is 1.12 bits per heavy atom. The Kier molecular flexibility index (Phi) is 4.18. The molecule has 2 amide bonds. The number of nitrogens with zero attached hydrogens (tertiary/aromatic N) is 2. The highest BCUT2D eigenvalue weighted by atomic mass is 32.1. The Balaban J connectivity index is 1.44. The van der Waals surface area contributed by atoms with E-state index < -0.39 is 0 Å². The summed E-state index contributed by atoms with van der Waals surface area (Å²) in [7, 11) is 0. The molecule has 2 aromatic heterocycles. The van der Waals surface area contributed by atoms with E-state index in [9.17, 15) is 4.79 Å². The molecule has 5 nitrogen and oxygen atoms in total. The van der Waals surface area contributed by atoms with E-state index in [1.807, 2.05) is 76.8 Å². The molecule has 0 saturated heterocycles. The maximum Gasteiger partial charge on any atom is 0.319 e. The number of carbonyl (C=O) groups excluding carboxylic acids is 1. The Hall–Kier alpha value is -3.12. The van der Waals surface area contributed by atoms with Crippen LogP contribution in [-0.4, -0.2) is 15.4 Å². The largest absolute Gasteiger partial charge is 0.334 e. The lowest BCUT2D eigenvalue weighted by molar-refractivity contribution is 0.251. The number of fused-ring (bicyclic) bond motifs is 1. The lowest BCUT2D eigenvalue weighted by atomic mass is 10.1. The number of carbonyl (C=O) groups is 1. The van der Waals surface area contributed by atoms with Gasteiger partial charge in [-0.2, -0.15) is 0 Å². The molecule has 0 fully saturated rings. The Labute approximate surface area is 149 Å². The summed E-state index contributed by atoms with van der Waals surface area (Å²) in [4.78, 5) is 17.6. The normalized spacial score (nSPS) is 10.7. The quantitative estimate of drug-likeness (QED) is 0.575. The standard InChI is InChI=1S/C19H16N4OS/c24-18(20-12-14-5-2-1-3-6-14)21-16-8-4-7-15(11-16)17-13-23-9-10-25-19(23)22-17/h1-11,13H,12H2,(H2,20,21,24). The molecule has 6 heteroatoms. The molecule has 0 unspecified atom stereocenters. The zero-order valence-corrected chi connectivity index (χ0v) is 14.2. The summed E-state index contributed by atoms with van der Waals surface area (Å²) in [5.41, 5.74) is 3.65. The predicted octanol–water partition coefficient (Wildman–Crippen LogP) is 4.38. The van der Waals surface area contributed by atoms with Crippen LogP contribution in [0.3, 0.4) is 0 Å². The summed E-state index contributed by atoms with van der Waals surface area (Å²) in [6.07, 6.45) is 3.97. The number of amides is 2. The lowest BCUT2D eigenvalue weighted by Gasteiger charge is -2.08. The molecule has 0 radical (unpaired) electrons. The van der Waals surface area contributed by atoms with Crippen molar-refractivity contribution in [2.45, 2.75) is 6.54 Å². The molecule has 4 aromatic rings. The minimum atomic E-state index is -0.230. The highest BCUT2D eigenvalue weighted by Gasteiger charge is 2.07. The Morgan fingerprint density at radius 2 is 2.00 bits per heavy atom. The maximum absolute atomic E-state index is 12.1. The van der Waals surface area contributed by atoms with Crippen LogP contribution in [0.1, 0.15) is 5.56 Å². The fraction of sp³-hybridized carbons (Fsp3) is 0.0526. The smallest absolute Gasteiger partial charge is 0.319 e. The van der Waals surface area contributed by atoms with Gasteiger partial charge in [0.2, 0.25) is 0 Å². The van der Waals surface area contributed by atoms with Crippen LogP contribution in [0, 0.1) is 0 Å². The van der Waals surface area contributed by atoms with E-state index in [0.717, 1.165) is 27.5 Å². The van der Waals surface area contributed by atoms with Crippen molar-refractivity contribution in [2.75, 3.05) is 5.32 Å². The molecule has 0 aliphatic rings. The molecular weight excluding hydrogens is 332 g/mol. The van der Waals surface area contributed by atoms with Crippen LogP contribution in [0.4, 0.5) is 10.5 Å². The zero-order valence-electron chi connectivity index (χ0n) is 13.3. The monoisotopic (exact) mass is 348 g/mol. The summed E-state index contributed by atoms with van der Waals surface area (Å²) in [5, 5.41) is 7.72. The average molecular weight is 348 g/mol. The molecule has 0 saturated carbocycles. The molecule has 25 heavy (non-hydrogen) atoms. The van der Waals surface area contributed by atoms with E-state index >= 15 is 0 Å². The molecule has 2 N–H and O–H groups in total. The van der Waals surface area contributed by atoms with Gasteiger partial charge in [0, 0.05) is 35.6 Å². The van der Waals surface area contributed by atoms with Crippen molar-refractivity contribution >= 4 is 28.0 Å². The minimum Gasteiger partial charge on any atom is -0.334 e. The third kappa shape index (κ3) is 3.54. The summed E-state index contributed by atoms with van der Waals surface area (Å²) >= 11 is 1.59. The van der Waals surface area contributed by atoms with E-state index in [1.54, 1.807) is 11.3 Å². The molecule has 2 heterocycles. The third-order valence-electron chi connectivity index (χ3n) is 3.81. The molecule has 124 valence electrons. The number of hydrogen-bond acceptors (Lipinski definition) is 3. The predicted molar refractivity (Wildman–Crippen MR) is 101 cm³/mol. The number of benzene rings is 2. The third-order valence-corrected chi connectivity index (χ3v) is 4.58. The minimum absolute atomic E-state index is 0.230. The van der Waals surface area contributed by atoms with Crippen molar-refractivity contribution in [3.8, 4) is 11.3 Å². The van der Waals surface area contributed by atoms with Gasteiger partial charge in [-0.25, -0.2) is 9.78 Å². The number of thiazole rings is 1. The average Bonchev–Trinajstić information content (AvgIpc) is 3.23. The highest BCUT2D eigenvalue weighted by Crippen LogP contribution is 2.24. The van der Waals surface area contributed by atoms with Gasteiger partial charge in [0.1, 0.15) is 0 Å². The second kappa shape index (κ2) is 6.78. The van der Waals surface area contributed by atoms with Crippen LogP contribution >= 0.6 is 11.3 Å². The van der Waals surface area contributed by atoms with E-state index in [1.165, 1.54) is 0 Å². The van der Waals surface area contributed by atoms with Crippen LogP contribution < -0.4 is 10.6 Å². The van der Waals surface area contributed by atoms with Crippen molar-refractivity contribution in [1.82, 2.24) is 14.7 Å². The van der Waals surface area contributed by atoms with Crippen LogP contribution in [0.25, 0.3) is 16.2 Å². The molecule has 0 aliphatic heterocycles.